The van der Waals surface area contributed by atoms with Crippen LogP contribution < -0.4 is 10.1 Å². The Morgan fingerprint density at radius 2 is 1.97 bits per heavy atom. The number of nitrogens with one attached hydrogen (secondary N) is 1. The second-order valence-corrected chi connectivity index (χ2v) is 7.14. The zero-order valence-electron chi connectivity index (χ0n) is 16.3. The van der Waals surface area contributed by atoms with Crippen molar-refractivity contribution < 1.29 is 4.74 Å². The Morgan fingerprint density at radius 1 is 1.14 bits per heavy atom. The maximum atomic E-state index is 6.59. The van der Waals surface area contributed by atoms with E-state index in [0.717, 1.165) is 22.6 Å². The van der Waals surface area contributed by atoms with Crippen LogP contribution in [-0.2, 0) is 13.0 Å². The van der Waals surface area contributed by atoms with Gasteiger partial charge in [0.25, 0.3) is 5.78 Å². The van der Waals surface area contributed by atoms with E-state index in [-0.39, 0.29) is 6.04 Å². The van der Waals surface area contributed by atoms with Crippen molar-refractivity contribution in [3.63, 3.8) is 0 Å². The summed E-state index contributed by atoms with van der Waals surface area (Å²) in [5, 5.41) is 8.28. The lowest BCUT2D eigenvalue weighted by Crippen LogP contribution is -2.13. The van der Waals surface area contributed by atoms with Gasteiger partial charge in [-0.1, -0.05) is 61.0 Å². The Hall–Kier alpha value is -3.12. The van der Waals surface area contributed by atoms with E-state index in [1.807, 2.05) is 55.5 Å². The van der Waals surface area contributed by atoms with Crippen LogP contribution in [0.4, 0.5) is 5.82 Å². The number of fused-ring (bicyclic) bond motifs is 1. The lowest BCUT2D eigenvalue weighted by Gasteiger charge is -2.19. The molecule has 0 saturated heterocycles. The van der Waals surface area contributed by atoms with Gasteiger partial charge >= 0.3 is 0 Å². The van der Waals surface area contributed by atoms with Crippen molar-refractivity contribution in [2.24, 2.45) is 0 Å². The monoisotopic (exact) mass is 407 g/mol. The molecular formula is C22H22ClN5O. The van der Waals surface area contributed by atoms with E-state index in [1.54, 1.807) is 4.52 Å². The first-order valence-corrected chi connectivity index (χ1v) is 9.95. The quantitative estimate of drug-likeness (QED) is 0.462. The van der Waals surface area contributed by atoms with Crippen LogP contribution in [0, 0.1) is 0 Å². The summed E-state index contributed by atoms with van der Waals surface area (Å²) in [7, 11) is 0. The number of rotatable bonds is 7. The molecule has 2 aromatic carbocycles. The minimum Gasteiger partial charge on any atom is -0.489 e. The van der Waals surface area contributed by atoms with Gasteiger partial charge in [0.1, 0.15) is 23.7 Å². The molecule has 29 heavy (non-hydrogen) atoms. The van der Waals surface area contributed by atoms with E-state index < -0.39 is 0 Å². The molecule has 0 unspecified atom stereocenters. The van der Waals surface area contributed by atoms with Gasteiger partial charge in [-0.05, 0) is 36.6 Å². The van der Waals surface area contributed by atoms with E-state index in [9.17, 15) is 0 Å². The number of anilines is 1. The number of aryl methyl sites for hydroxylation is 1. The first-order chi connectivity index (χ1) is 14.2. The van der Waals surface area contributed by atoms with Crippen LogP contribution in [0.25, 0.3) is 5.78 Å². The average molecular weight is 408 g/mol. The molecule has 0 aliphatic carbocycles. The standard InChI is InChI=1S/C22H22ClN5O/c1-3-19-20(23)21(28-22(27-19)24-14-25-28)26-15(2)17-10-7-11-18(12-17)29-13-16-8-5-4-6-9-16/h4-12,14-15,26H,3,13H2,1-2H3/t15-/m0/s1. The van der Waals surface area contributed by atoms with Crippen LogP contribution in [-0.4, -0.2) is 19.6 Å². The van der Waals surface area contributed by atoms with Crippen molar-refractivity contribution in [2.45, 2.75) is 32.9 Å². The van der Waals surface area contributed by atoms with E-state index in [2.05, 4.69) is 33.4 Å². The first kappa shape index (κ1) is 19.2. The Bertz CT molecular complexity index is 1110. The van der Waals surface area contributed by atoms with Crippen LogP contribution in [0.2, 0.25) is 5.02 Å². The Labute approximate surface area is 174 Å². The molecule has 6 nitrogen and oxygen atoms in total. The topological polar surface area (TPSA) is 64.3 Å². The van der Waals surface area contributed by atoms with Crippen LogP contribution in [0.3, 0.4) is 0 Å². The average Bonchev–Trinajstić information content (AvgIpc) is 3.23. The normalized spacial score (nSPS) is 12.1. The highest BCUT2D eigenvalue weighted by Gasteiger charge is 2.17. The van der Waals surface area contributed by atoms with Gasteiger partial charge in [0, 0.05) is 0 Å². The summed E-state index contributed by atoms with van der Waals surface area (Å²) in [6.07, 6.45) is 2.19. The van der Waals surface area contributed by atoms with Gasteiger partial charge in [0.2, 0.25) is 0 Å². The fourth-order valence-electron chi connectivity index (χ4n) is 3.13. The molecule has 148 valence electrons. The molecule has 4 aromatic rings. The second-order valence-electron chi connectivity index (χ2n) is 6.76. The maximum Gasteiger partial charge on any atom is 0.254 e. The zero-order valence-corrected chi connectivity index (χ0v) is 17.1. The van der Waals surface area contributed by atoms with Gasteiger partial charge in [0.15, 0.2) is 5.82 Å². The molecule has 2 aromatic heterocycles. The first-order valence-electron chi connectivity index (χ1n) is 9.57. The van der Waals surface area contributed by atoms with E-state index in [4.69, 9.17) is 16.3 Å². The van der Waals surface area contributed by atoms with E-state index in [1.165, 1.54) is 6.33 Å². The summed E-state index contributed by atoms with van der Waals surface area (Å²) in [6, 6.07) is 18.1. The maximum absolute atomic E-state index is 6.59. The highest BCUT2D eigenvalue weighted by molar-refractivity contribution is 6.33. The van der Waals surface area contributed by atoms with Crippen LogP contribution >= 0.6 is 11.6 Å². The summed E-state index contributed by atoms with van der Waals surface area (Å²) in [6.45, 7) is 4.62. The number of benzene rings is 2. The SMILES string of the molecule is CCc1nc2ncnn2c(N[C@@H](C)c2cccc(OCc3ccccc3)c2)c1Cl. The van der Waals surface area contributed by atoms with Gasteiger partial charge in [-0.15, -0.1) is 0 Å². The van der Waals surface area contributed by atoms with Crippen LogP contribution in [0.5, 0.6) is 5.75 Å². The Balaban J connectivity index is 1.55. The Morgan fingerprint density at radius 3 is 2.76 bits per heavy atom. The molecular weight excluding hydrogens is 386 g/mol. The molecule has 2 heterocycles. The molecule has 0 fully saturated rings. The summed E-state index contributed by atoms with van der Waals surface area (Å²) >= 11 is 6.59. The molecule has 0 bridgehead atoms. The fraction of sp³-hybridized carbons (Fsp3) is 0.227. The third kappa shape index (κ3) is 4.17. The number of aromatic nitrogens is 4. The largest absolute Gasteiger partial charge is 0.489 e. The number of halogens is 1. The molecule has 0 radical (unpaired) electrons. The highest BCUT2D eigenvalue weighted by Crippen LogP contribution is 2.30. The third-order valence-corrected chi connectivity index (χ3v) is 5.13. The van der Waals surface area contributed by atoms with Crippen molar-refractivity contribution in [1.82, 2.24) is 19.6 Å². The molecule has 0 spiro atoms. The van der Waals surface area contributed by atoms with Crippen molar-refractivity contribution in [3.05, 3.63) is 82.8 Å². The van der Waals surface area contributed by atoms with Crippen molar-refractivity contribution in [2.75, 3.05) is 5.32 Å². The molecule has 0 saturated carbocycles. The van der Waals surface area contributed by atoms with Gasteiger partial charge < -0.3 is 10.1 Å². The van der Waals surface area contributed by atoms with Gasteiger partial charge in [-0.3, -0.25) is 0 Å². The molecule has 0 aliphatic heterocycles. The van der Waals surface area contributed by atoms with Crippen LogP contribution in [0.1, 0.15) is 36.7 Å². The van der Waals surface area contributed by atoms with Crippen molar-refractivity contribution >= 4 is 23.2 Å². The van der Waals surface area contributed by atoms with Crippen molar-refractivity contribution in [3.8, 4) is 5.75 Å². The third-order valence-electron chi connectivity index (χ3n) is 4.73. The molecule has 1 N–H and O–H groups in total. The zero-order chi connectivity index (χ0) is 20.2. The summed E-state index contributed by atoms with van der Waals surface area (Å²) in [5.74, 6) is 2.04. The summed E-state index contributed by atoms with van der Waals surface area (Å²) in [5.41, 5.74) is 3.00. The Kier molecular flexibility index (Phi) is 5.62. The van der Waals surface area contributed by atoms with Gasteiger partial charge in [-0.25, -0.2) is 4.98 Å². The van der Waals surface area contributed by atoms with E-state index in [0.29, 0.717) is 29.6 Å². The predicted molar refractivity (Wildman–Crippen MR) is 114 cm³/mol. The molecule has 0 aliphatic rings. The molecule has 7 heteroatoms. The van der Waals surface area contributed by atoms with E-state index >= 15 is 0 Å². The summed E-state index contributed by atoms with van der Waals surface area (Å²) in [4.78, 5) is 8.66. The van der Waals surface area contributed by atoms with Crippen molar-refractivity contribution in [1.29, 1.82) is 0 Å². The minimum atomic E-state index is -0.0210. The number of hydrogen-bond acceptors (Lipinski definition) is 5. The fourth-order valence-corrected chi connectivity index (χ4v) is 3.44. The number of ether oxygens (including phenoxy) is 1. The smallest absolute Gasteiger partial charge is 0.254 e. The predicted octanol–water partition coefficient (Wildman–Crippen LogP) is 5.09. The second kappa shape index (κ2) is 8.49. The minimum absolute atomic E-state index is 0.0210. The number of nitrogens with zero attached hydrogens (tertiary/aromatic N) is 4. The van der Waals surface area contributed by atoms with Gasteiger partial charge in [-0.2, -0.15) is 14.6 Å². The lowest BCUT2D eigenvalue weighted by atomic mass is 10.1. The van der Waals surface area contributed by atoms with Gasteiger partial charge in [0.05, 0.1) is 11.7 Å². The number of hydrogen-bond donors (Lipinski definition) is 1. The molecule has 0 amide bonds. The van der Waals surface area contributed by atoms with Crippen LogP contribution in [0.15, 0.2) is 60.9 Å². The highest BCUT2D eigenvalue weighted by atomic mass is 35.5. The lowest BCUT2D eigenvalue weighted by molar-refractivity contribution is 0.306. The molecule has 4 rings (SSSR count). The molecule has 1 atom stereocenters. The summed E-state index contributed by atoms with van der Waals surface area (Å²) < 4.78 is 7.59.